The summed E-state index contributed by atoms with van der Waals surface area (Å²) in [6.07, 6.45) is 2.67. The molecule has 0 spiro atoms. The lowest BCUT2D eigenvalue weighted by atomic mass is 10.3. The van der Waals surface area contributed by atoms with E-state index < -0.39 is 0 Å². The first-order valence-electron chi connectivity index (χ1n) is 5.61. The van der Waals surface area contributed by atoms with E-state index in [0.717, 1.165) is 19.5 Å². The molecule has 0 radical (unpaired) electrons. The summed E-state index contributed by atoms with van der Waals surface area (Å²) >= 11 is 1.77. The highest BCUT2D eigenvalue weighted by Crippen LogP contribution is 2.07. The summed E-state index contributed by atoms with van der Waals surface area (Å²) in [7, 11) is 0. The minimum absolute atomic E-state index is 0.0486. The van der Waals surface area contributed by atoms with Gasteiger partial charge in [0.25, 0.3) is 5.56 Å². The van der Waals surface area contributed by atoms with E-state index in [1.54, 1.807) is 23.6 Å². The van der Waals surface area contributed by atoms with E-state index in [-0.39, 0.29) is 5.56 Å². The first-order valence-corrected chi connectivity index (χ1v) is 6.49. The van der Waals surface area contributed by atoms with Crippen LogP contribution in [0, 0.1) is 0 Å². The Morgan fingerprint density at radius 2 is 2.24 bits per heavy atom. The van der Waals surface area contributed by atoms with Crippen LogP contribution in [0.2, 0.25) is 0 Å². The fraction of sp³-hybridized carbons (Fsp3) is 0.333. The van der Waals surface area contributed by atoms with Gasteiger partial charge in [-0.3, -0.25) is 4.79 Å². The van der Waals surface area contributed by atoms with Crippen molar-refractivity contribution in [3.8, 4) is 0 Å². The summed E-state index contributed by atoms with van der Waals surface area (Å²) < 4.78 is 1.47. The van der Waals surface area contributed by atoms with Crippen molar-refractivity contribution in [1.29, 1.82) is 0 Å². The SMILES string of the molecule is O=c1cccnn1CCNCCc1cccs1. The average Bonchev–Trinajstić information content (AvgIpc) is 2.84. The maximum absolute atomic E-state index is 11.3. The maximum atomic E-state index is 11.3. The number of nitrogens with one attached hydrogen (secondary N) is 1. The molecular formula is C12H15N3OS. The molecule has 0 atom stereocenters. The van der Waals surface area contributed by atoms with Crippen molar-refractivity contribution in [2.45, 2.75) is 13.0 Å². The molecule has 0 aliphatic rings. The summed E-state index contributed by atoms with van der Waals surface area (Å²) in [6.45, 7) is 2.31. The molecule has 0 aliphatic carbocycles. The lowest BCUT2D eigenvalue weighted by Crippen LogP contribution is -2.28. The molecule has 0 aromatic carbocycles. The summed E-state index contributed by atoms with van der Waals surface area (Å²) in [6, 6.07) is 7.38. The van der Waals surface area contributed by atoms with Crippen LogP contribution < -0.4 is 10.9 Å². The Bertz CT molecular complexity index is 492. The minimum Gasteiger partial charge on any atom is -0.315 e. The molecule has 0 unspecified atom stereocenters. The largest absolute Gasteiger partial charge is 0.315 e. The number of thiophene rings is 1. The minimum atomic E-state index is -0.0486. The van der Waals surface area contributed by atoms with Gasteiger partial charge in [0.1, 0.15) is 0 Å². The molecule has 0 aliphatic heterocycles. The van der Waals surface area contributed by atoms with E-state index in [9.17, 15) is 4.79 Å². The Hall–Kier alpha value is -1.46. The number of hydrogen-bond acceptors (Lipinski definition) is 4. The summed E-state index contributed by atoms with van der Waals surface area (Å²) in [5.74, 6) is 0. The van der Waals surface area contributed by atoms with Gasteiger partial charge in [-0.25, -0.2) is 4.68 Å². The normalized spacial score (nSPS) is 10.6. The predicted octanol–water partition coefficient (Wildman–Crippen LogP) is 1.14. The first kappa shape index (κ1) is 12.0. The molecule has 4 nitrogen and oxygen atoms in total. The third kappa shape index (κ3) is 3.80. The summed E-state index contributed by atoms with van der Waals surface area (Å²) in [4.78, 5) is 12.7. The van der Waals surface area contributed by atoms with Crippen molar-refractivity contribution < 1.29 is 0 Å². The zero-order chi connectivity index (χ0) is 11.9. The number of hydrogen-bond donors (Lipinski definition) is 1. The number of rotatable bonds is 6. The molecule has 2 rings (SSSR count). The van der Waals surface area contributed by atoms with Crippen molar-refractivity contribution in [2.24, 2.45) is 0 Å². The molecule has 0 bridgehead atoms. The van der Waals surface area contributed by atoms with E-state index in [1.165, 1.54) is 15.6 Å². The van der Waals surface area contributed by atoms with Crippen LogP contribution in [0.25, 0.3) is 0 Å². The lowest BCUT2D eigenvalue weighted by molar-refractivity contribution is 0.534. The van der Waals surface area contributed by atoms with Crippen LogP contribution in [0.1, 0.15) is 4.88 Å². The number of nitrogens with zero attached hydrogens (tertiary/aromatic N) is 2. The second-order valence-electron chi connectivity index (χ2n) is 3.66. The van der Waals surface area contributed by atoms with Crippen molar-refractivity contribution in [3.05, 3.63) is 51.1 Å². The van der Waals surface area contributed by atoms with Gasteiger partial charge in [0.2, 0.25) is 0 Å². The molecule has 0 amide bonds. The highest BCUT2D eigenvalue weighted by molar-refractivity contribution is 7.09. The van der Waals surface area contributed by atoms with Gasteiger partial charge < -0.3 is 5.32 Å². The summed E-state index contributed by atoms with van der Waals surface area (Å²) in [5, 5.41) is 9.38. The molecule has 1 N–H and O–H groups in total. The third-order valence-corrected chi connectivity index (χ3v) is 3.35. The van der Waals surface area contributed by atoms with Gasteiger partial charge in [-0.1, -0.05) is 6.07 Å². The fourth-order valence-electron chi connectivity index (χ4n) is 1.53. The Labute approximate surface area is 104 Å². The highest BCUT2D eigenvalue weighted by atomic mass is 32.1. The van der Waals surface area contributed by atoms with E-state index in [1.807, 2.05) is 0 Å². The molecule has 5 heteroatoms. The van der Waals surface area contributed by atoms with Gasteiger partial charge in [-0.05, 0) is 23.9 Å². The predicted molar refractivity (Wildman–Crippen MR) is 69.4 cm³/mol. The van der Waals surface area contributed by atoms with Gasteiger partial charge in [0.05, 0.1) is 6.54 Å². The monoisotopic (exact) mass is 249 g/mol. The van der Waals surface area contributed by atoms with Gasteiger partial charge in [-0.15, -0.1) is 11.3 Å². The van der Waals surface area contributed by atoms with Crippen LogP contribution in [0.15, 0.2) is 40.6 Å². The molecule has 2 aromatic heterocycles. The summed E-state index contributed by atoms with van der Waals surface area (Å²) in [5.41, 5.74) is -0.0486. The van der Waals surface area contributed by atoms with Gasteiger partial charge in [0, 0.05) is 30.2 Å². The van der Waals surface area contributed by atoms with Crippen molar-refractivity contribution in [1.82, 2.24) is 15.1 Å². The second-order valence-corrected chi connectivity index (χ2v) is 4.70. The molecule has 0 saturated carbocycles. The Morgan fingerprint density at radius 3 is 3.00 bits per heavy atom. The Balaban J connectivity index is 1.67. The van der Waals surface area contributed by atoms with Gasteiger partial charge >= 0.3 is 0 Å². The van der Waals surface area contributed by atoms with E-state index >= 15 is 0 Å². The molecular weight excluding hydrogens is 234 g/mol. The Kier molecular flexibility index (Phi) is 4.46. The van der Waals surface area contributed by atoms with Crippen molar-refractivity contribution in [3.63, 3.8) is 0 Å². The molecule has 2 aromatic rings. The molecule has 2 heterocycles. The van der Waals surface area contributed by atoms with Crippen LogP contribution in [0.3, 0.4) is 0 Å². The van der Waals surface area contributed by atoms with E-state index in [0.29, 0.717) is 6.54 Å². The smallest absolute Gasteiger partial charge is 0.266 e. The third-order valence-electron chi connectivity index (χ3n) is 2.41. The van der Waals surface area contributed by atoms with E-state index in [2.05, 4.69) is 27.9 Å². The standard InChI is InChI=1S/C12H15N3OS/c16-12-4-1-6-14-15(12)9-8-13-7-5-11-3-2-10-17-11/h1-4,6,10,13H,5,7-9H2. The van der Waals surface area contributed by atoms with Gasteiger partial charge in [-0.2, -0.15) is 5.10 Å². The van der Waals surface area contributed by atoms with Crippen molar-refractivity contribution >= 4 is 11.3 Å². The molecule has 0 fully saturated rings. The van der Waals surface area contributed by atoms with Crippen LogP contribution in [-0.2, 0) is 13.0 Å². The fourth-order valence-corrected chi connectivity index (χ4v) is 2.24. The lowest BCUT2D eigenvalue weighted by Gasteiger charge is -2.05. The quantitative estimate of drug-likeness (QED) is 0.781. The molecule has 0 saturated heterocycles. The Morgan fingerprint density at radius 1 is 1.29 bits per heavy atom. The maximum Gasteiger partial charge on any atom is 0.266 e. The van der Waals surface area contributed by atoms with Crippen LogP contribution in [-0.4, -0.2) is 22.9 Å². The number of aromatic nitrogens is 2. The van der Waals surface area contributed by atoms with Gasteiger partial charge in [0.15, 0.2) is 0 Å². The zero-order valence-electron chi connectivity index (χ0n) is 9.50. The topological polar surface area (TPSA) is 46.9 Å². The molecule has 17 heavy (non-hydrogen) atoms. The first-order chi connectivity index (χ1) is 8.36. The highest BCUT2D eigenvalue weighted by Gasteiger charge is 1.96. The van der Waals surface area contributed by atoms with E-state index in [4.69, 9.17) is 0 Å². The molecule has 90 valence electrons. The second kappa shape index (κ2) is 6.32. The van der Waals surface area contributed by atoms with Crippen LogP contribution >= 0.6 is 11.3 Å². The van der Waals surface area contributed by atoms with Crippen LogP contribution in [0.4, 0.5) is 0 Å². The zero-order valence-corrected chi connectivity index (χ0v) is 10.3. The van der Waals surface area contributed by atoms with Crippen LogP contribution in [0.5, 0.6) is 0 Å². The van der Waals surface area contributed by atoms with Crippen molar-refractivity contribution in [2.75, 3.05) is 13.1 Å². The average molecular weight is 249 g/mol.